The molecule has 1 saturated heterocycles. The SMILES string of the molecule is CNCC1(CNC(=O)CC2CCCN(C)C2)CCC1. The number of carbonyl (C=O) groups is 1. The van der Waals surface area contributed by atoms with Crippen LogP contribution in [0.1, 0.15) is 38.5 Å². The third-order valence-electron chi connectivity index (χ3n) is 4.82. The van der Waals surface area contributed by atoms with Crippen LogP contribution >= 0.6 is 0 Å². The number of hydrogen-bond donors (Lipinski definition) is 2. The summed E-state index contributed by atoms with van der Waals surface area (Å²) in [6, 6.07) is 0. The van der Waals surface area contributed by atoms with E-state index in [0.717, 1.165) is 19.6 Å². The third kappa shape index (κ3) is 4.18. The molecule has 0 aromatic heterocycles. The van der Waals surface area contributed by atoms with Crippen LogP contribution in [-0.4, -0.2) is 51.1 Å². The highest BCUT2D eigenvalue weighted by molar-refractivity contribution is 5.76. The van der Waals surface area contributed by atoms with Crippen LogP contribution in [0, 0.1) is 11.3 Å². The van der Waals surface area contributed by atoms with Crippen molar-refractivity contribution in [3.05, 3.63) is 0 Å². The van der Waals surface area contributed by atoms with Gasteiger partial charge in [0, 0.05) is 31.5 Å². The summed E-state index contributed by atoms with van der Waals surface area (Å²) in [6.45, 7) is 4.15. The molecule has 4 heteroatoms. The number of likely N-dealkylation sites (tertiary alicyclic amines) is 1. The van der Waals surface area contributed by atoms with Gasteiger partial charge in [0.1, 0.15) is 0 Å². The van der Waals surface area contributed by atoms with Gasteiger partial charge in [-0.25, -0.2) is 0 Å². The minimum absolute atomic E-state index is 0.252. The Kier molecular flexibility index (Phi) is 5.22. The zero-order valence-corrected chi connectivity index (χ0v) is 12.5. The first-order valence-corrected chi connectivity index (χ1v) is 7.73. The van der Waals surface area contributed by atoms with Gasteiger partial charge in [-0.05, 0) is 52.2 Å². The van der Waals surface area contributed by atoms with Gasteiger partial charge in [0.05, 0.1) is 0 Å². The zero-order chi connectivity index (χ0) is 13.7. The molecule has 1 atom stereocenters. The number of nitrogens with one attached hydrogen (secondary N) is 2. The van der Waals surface area contributed by atoms with Crippen LogP contribution in [-0.2, 0) is 4.79 Å². The molecule has 1 amide bonds. The molecule has 2 aliphatic rings. The van der Waals surface area contributed by atoms with Gasteiger partial charge in [0.15, 0.2) is 0 Å². The van der Waals surface area contributed by atoms with E-state index >= 15 is 0 Å². The Hall–Kier alpha value is -0.610. The molecule has 0 aromatic rings. The number of hydrogen-bond acceptors (Lipinski definition) is 3. The summed E-state index contributed by atoms with van der Waals surface area (Å²) in [6.07, 6.45) is 6.96. The predicted molar refractivity (Wildman–Crippen MR) is 78.1 cm³/mol. The summed E-state index contributed by atoms with van der Waals surface area (Å²) in [5, 5.41) is 6.44. The molecule has 1 aliphatic carbocycles. The van der Waals surface area contributed by atoms with E-state index in [1.807, 2.05) is 7.05 Å². The average Bonchev–Trinajstić information content (AvgIpc) is 2.32. The van der Waals surface area contributed by atoms with Crippen LogP contribution in [0.3, 0.4) is 0 Å². The van der Waals surface area contributed by atoms with Gasteiger partial charge in [0.25, 0.3) is 0 Å². The maximum absolute atomic E-state index is 12.1. The lowest BCUT2D eigenvalue weighted by Gasteiger charge is -2.42. The Morgan fingerprint density at radius 2 is 2.11 bits per heavy atom. The quantitative estimate of drug-likeness (QED) is 0.761. The molecule has 0 spiro atoms. The Balaban J connectivity index is 1.69. The van der Waals surface area contributed by atoms with E-state index in [0.29, 0.717) is 17.8 Å². The standard InChI is InChI=1S/C15H29N3O/c1-16-11-15(6-4-7-15)12-17-14(19)9-13-5-3-8-18(2)10-13/h13,16H,3-12H2,1-2H3,(H,17,19). The number of nitrogens with zero attached hydrogens (tertiary/aromatic N) is 1. The Morgan fingerprint density at radius 3 is 2.68 bits per heavy atom. The summed E-state index contributed by atoms with van der Waals surface area (Å²) < 4.78 is 0. The first kappa shape index (κ1) is 14.8. The molecule has 2 N–H and O–H groups in total. The van der Waals surface area contributed by atoms with Crippen LogP contribution in [0.5, 0.6) is 0 Å². The minimum atomic E-state index is 0.252. The van der Waals surface area contributed by atoms with Gasteiger partial charge in [-0.1, -0.05) is 6.42 Å². The van der Waals surface area contributed by atoms with Gasteiger partial charge in [-0.2, -0.15) is 0 Å². The van der Waals surface area contributed by atoms with Crippen molar-refractivity contribution in [1.29, 1.82) is 0 Å². The second-order valence-electron chi connectivity index (χ2n) is 6.64. The fourth-order valence-corrected chi connectivity index (χ4v) is 3.53. The average molecular weight is 267 g/mol. The van der Waals surface area contributed by atoms with Crippen LogP contribution in [0.4, 0.5) is 0 Å². The van der Waals surface area contributed by atoms with Crippen molar-refractivity contribution >= 4 is 5.91 Å². The van der Waals surface area contributed by atoms with Crippen LogP contribution in [0.25, 0.3) is 0 Å². The maximum atomic E-state index is 12.1. The summed E-state index contributed by atoms with van der Waals surface area (Å²) in [5.74, 6) is 0.808. The smallest absolute Gasteiger partial charge is 0.220 e. The van der Waals surface area contributed by atoms with Crippen molar-refractivity contribution < 1.29 is 4.79 Å². The number of piperidine rings is 1. The van der Waals surface area contributed by atoms with Crippen molar-refractivity contribution in [3.8, 4) is 0 Å². The number of rotatable bonds is 6. The first-order valence-electron chi connectivity index (χ1n) is 7.73. The topological polar surface area (TPSA) is 44.4 Å². The Bertz CT molecular complexity index is 302. The first-order chi connectivity index (χ1) is 9.13. The second kappa shape index (κ2) is 6.71. The Labute approximate surface area is 117 Å². The van der Waals surface area contributed by atoms with Crippen LogP contribution in [0.15, 0.2) is 0 Å². The number of carbonyl (C=O) groups excluding carboxylic acids is 1. The van der Waals surface area contributed by atoms with Gasteiger partial charge in [-0.15, -0.1) is 0 Å². The molecular weight excluding hydrogens is 238 g/mol. The summed E-state index contributed by atoms with van der Waals surface area (Å²) >= 11 is 0. The molecule has 1 saturated carbocycles. The molecule has 110 valence electrons. The zero-order valence-electron chi connectivity index (χ0n) is 12.5. The lowest BCUT2D eigenvalue weighted by molar-refractivity contribution is -0.123. The monoisotopic (exact) mass is 267 g/mol. The largest absolute Gasteiger partial charge is 0.355 e. The molecule has 19 heavy (non-hydrogen) atoms. The summed E-state index contributed by atoms with van der Waals surface area (Å²) in [5.41, 5.74) is 0.341. The molecule has 0 aromatic carbocycles. The lowest BCUT2D eigenvalue weighted by Crippen LogP contribution is -2.48. The molecule has 0 radical (unpaired) electrons. The summed E-state index contributed by atoms with van der Waals surface area (Å²) in [4.78, 5) is 14.4. The Morgan fingerprint density at radius 1 is 1.32 bits per heavy atom. The van der Waals surface area contributed by atoms with E-state index in [-0.39, 0.29) is 5.91 Å². The van der Waals surface area contributed by atoms with E-state index in [9.17, 15) is 4.79 Å². The molecule has 1 aliphatic heterocycles. The van der Waals surface area contributed by atoms with Crippen molar-refractivity contribution in [3.63, 3.8) is 0 Å². The van der Waals surface area contributed by atoms with Gasteiger partial charge < -0.3 is 15.5 Å². The molecular formula is C15H29N3O. The highest BCUT2D eigenvalue weighted by atomic mass is 16.1. The molecule has 1 unspecified atom stereocenters. The highest BCUT2D eigenvalue weighted by Crippen LogP contribution is 2.39. The second-order valence-corrected chi connectivity index (χ2v) is 6.64. The molecule has 4 nitrogen and oxygen atoms in total. The summed E-state index contributed by atoms with van der Waals surface area (Å²) in [7, 11) is 4.15. The van der Waals surface area contributed by atoms with Crippen molar-refractivity contribution in [1.82, 2.24) is 15.5 Å². The van der Waals surface area contributed by atoms with Gasteiger partial charge in [0.2, 0.25) is 5.91 Å². The fraction of sp³-hybridized carbons (Fsp3) is 0.933. The lowest BCUT2D eigenvalue weighted by atomic mass is 9.68. The fourth-order valence-electron chi connectivity index (χ4n) is 3.53. The van der Waals surface area contributed by atoms with E-state index < -0.39 is 0 Å². The molecule has 2 rings (SSSR count). The van der Waals surface area contributed by atoms with Crippen molar-refractivity contribution in [2.24, 2.45) is 11.3 Å². The van der Waals surface area contributed by atoms with Crippen molar-refractivity contribution in [2.75, 3.05) is 40.3 Å². The van der Waals surface area contributed by atoms with E-state index in [1.165, 1.54) is 38.6 Å². The number of amides is 1. The maximum Gasteiger partial charge on any atom is 0.220 e. The van der Waals surface area contributed by atoms with Crippen LogP contribution in [0.2, 0.25) is 0 Å². The van der Waals surface area contributed by atoms with Gasteiger partial charge >= 0.3 is 0 Å². The van der Waals surface area contributed by atoms with Crippen molar-refractivity contribution in [2.45, 2.75) is 38.5 Å². The predicted octanol–water partition coefficient (Wildman–Crippen LogP) is 1.22. The third-order valence-corrected chi connectivity index (χ3v) is 4.82. The highest BCUT2D eigenvalue weighted by Gasteiger charge is 2.36. The normalized spacial score (nSPS) is 26.7. The van der Waals surface area contributed by atoms with E-state index in [4.69, 9.17) is 0 Å². The molecule has 1 heterocycles. The van der Waals surface area contributed by atoms with E-state index in [1.54, 1.807) is 0 Å². The van der Waals surface area contributed by atoms with E-state index in [2.05, 4.69) is 22.6 Å². The minimum Gasteiger partial charge on any atom is -0.355 e. The molecule has 2 fully saturated rings. The molecule has 0 bridgehead atoms. The van der Waals surface area contributed by atoms with Gasteiger partial charge in [-0.3, -0.25) is 4.79 Å². The van der Waals surface area contributed by atoms with Crippen LogP contribution < -0.4 is 10.6 Å².